The second-order valence-electron chi connectivity index (χ2n) is 5.48. The van der Waals surface area contributed by atoms with Crippen LogP contribution in [0.4, 0.5) is 4.79 Å². The molecule has 0 aliphatic heterocycles. The molecule has 1 fully saturated rings. The van der Waals surface area contributed by atoms with Crippen molar-refractivity contribution in [3.8, 4) is 0 Å². The predicted octanol–water partition coefficient (Wildman–Crippen LogP) is 1.97. The van der Waals surface area contributed by atoms with E-state index < -0.39 is 11.7 Å². The minimum absolute atomic E-state index is 0.314. The molecule has 5 heteroatoms. The Morgan fingerprint density at radius 3 is 2.24 bits per heavy atom. The molecule has 0 unspecified atom stereocenters. The summed E-state index contributed by atoms with van der Waals surface area (Å²) in [6.07, 6.45) is 4.03. The number of hydrogen-bond acceptors (Lipinski definition) is 4. The van der Waals surface area contributed by atoms with Gasteiger partial charge in [0.25, 0.3) is 0 Å². The summed E-state index contributed by atoms with van der Waals surface area (Å²) in [5.74, 6) is 0. The molecular weight excluding hydrogens is 220 g/mol. The second-order valence-corrected chi connectivity index (χ2v) is 5.48. The van der Waals surface area contributed by atoms with Crippen LogP contribution in [-0.4, -0.2) is 30.9 Å². The minimum atomic E-state index is -0.459. The molecule has 5 nitrogen and oxygen atoms in total. The van der Waals surface area contributed by atoms with E-state index in [1.54, 1.807) is 7.11 Å². The lowest BCUT2D eigenvalue weighted by atomic mass is 9.93. The first-order chi connectivity index (χ1) is 7.90. The van der Waals surface area contributed by atoms with Gasteiger partial charge in [0.05, 0.1) is 6.10 Å². The van der Waals surface area contributed by atoms with Crippen molar-refractivity contribution >= 4 is 6.09 Å². The molecule has 1 aliphatic rings. The number of hydrazine groups is 1. The Labute approximate surface area is 103 Å². The van der Waals surface area contributed by atoms with E-state index in [0.29, 0.717) is 12.1 Å². The van der Waals surface area contributed by atoms with E-state index >= 15 is 0 Å². The molecule has 0 aromatic carbocycles. The molecular formula is C12H24N2O3. The fraction of sp³-hybridized carbons (Fsp3) is 0.917. The molecule has 0 atom stereocenters. The van der Waals surface area contributed by atoms with Crippen LogP contribution < -0.4 is 10.9 Å². The Morgan fingerprint density at radius 2 is 1.76 bits per heavy atom. The zero-order valence-corrected chi connectivity index (χ0v) is 11.2. The summed E-state index contributed by atoms with van der Waals surface area (Å²) in [7, 11) is 1.75. The van der Waals surface area contributed by atoms with E-state index in [-0.39, 0.29) is 0 Å². The molecule has 0 radical (unpaired) electrons. The molecule has 1 amide bonds. The van der Waals surface area contributed by atoms with Crippen LogP contribution in [0.15, 0.2) is 0 Å². The van der Waals surface area contributed by atoms with Crippen molar-refractivity contribution in [3.63, 3.8) is 0 Å². The van der Waals surface area contributed by atoms with Crippen molar-refractivity contribution in [1.82, 2.24) is 10.9 Å². The first-order valence-corrected chi connectivity index (χ1v) is 6.18. The van der Waals surface area contributed by atoms with E-state index in [1.165, 1.54) is 0 Å². The first-order valence-electron chi connectivity index (χ1n) is 6.18. The molecule has 0 saturated heterocycles. The van der Waals surface area contributed by atoms with Crippen molar-refractivity contribution in [3.05, 3.63) is 0 Å². The van der Waals surface area contributed by atoms with Crippen molar-refractivity contribution in [2.45, 2.75) is 64.2 Å². The topological polar surface area (TPSA) is 59.6 Å². The molecule has 1 rings (SSSR count). The normalized spacial score (nSPS) is 25.4. The summed E-state index contributed by atoms with van der Waals surface area (Å²) < 4.78 is 10.4. The van der Waals surface area contributed by atoms with Crippen LogP contribution in [0.3, 0.4) is 0 Å². The third kappa shape index (κ3) is 5.89. The maximum Gasteiger partial charge on any atom is 0.422 e. The van der Waals surface area contributed by atoms with E-state index in [2.05, 4.69) is 10.9 Å². The Kier molecular flexibility index (Phi) is 5.21. The highest BCUT2D eigenvalue weighted by Crippen LogP contribution is 2.20. The molecule has 0 aromatic rings. The number of amides is 1. The quantitative estimate of drug-likeness (QED) is 0.745. The molecule has 0 aromatic heterocycles. The van der Waals surface area contributed by atoms with Crippen LogP contribution in [0.25, 0.3) is 0 Å². The lowest BCUT2D eigenvalue weighted by Crippen LogP contribution is -2.48. The van der Waals surface area contributed by atoms with Crippen molar-refractivity contribution in [1.29, 1.82) is 0 Å². The largest absolute Gasteiger partial charge is 0.443 e. The van der Waals surface area contributed by atoms with Gasteiger partial charge in [-0.1, -0.05) is 0 Å². The molecule has 0 heterocycles. The highest BCUT2D eigenvalue weighted by molar-refractivity contribution is 5.67. The highest BCUT2D eigenvalue weighted by atomic mass is 16.6. The van der Waals surface area contributed by atoms with Crippen LogP contribution >= 0.6 is 0 Å². The minimum Gasteiger partial charge on any atom is -0.443 e. The van der Waals surface area contributed by atoms with E-state index in [0.717, 1.165) is 25.7 Å². The molecule has 0 spiro atoms. The zero-order valence-electron chi connectivity index (χ0n) is 11.2. The summed E-state index contributed by atoms with van der Waals surface area (Å²) >= 11 is 0. The van der Waals surface area contributed by atoms with Gasteiger partial charge >= 0.3 is 6.09 Å². The summed E-state index contributed by atoms with van der Waals surface area (Å²) in [6, 6.07) is 0.314. The number of methoxy groups -OCH3 is 1. The average Bonchev–Trinajstić information content (AvgIpc) is 2.25. The van der Waals surface area contributed by atoms with Crippen LogP contribution in [0.1, 0.15) is 46.5 Å². The Balaban J connectivity index is 2.17. The van der Waals surface area contributed by atoms with Gasteiger partial charge in [0.2, 0.25) is 0 Å². The van der Waals surface area contributed by atoms with Crippen molar-refractivity contribution in [2.75, 3.05) is 7.11 Å². The third-order valence-corrected chi connectivity index (χ3v) is 2.78. The molecule has 100 valence electrons. The maximum atomic E-state index is 11.4. The number of ether oxygens (including phenoxy) is 2. The number of carbonyl (C=O) groups is 1. The van der Waals surface area contributed by atoms with Gasteiger partial charge in [-0.25, -0.2) is 10.2 Å². The monoisotopic (exact) mass is 244 g/mol. The summed E-state index contributed by atoms with van der Waals surface area (Å²) in [6.45, 7) is 5.53. The molecule has 1 aliphatic carbocycles. The van der Waals surface area contributed by atoms with Crippen molar-refractivity contribution < 1.29 is 14.3 Å². The second kappa shape index (κ2) is 6.21. The summed E-state index contributed by atoms with van der Waals surface area (Å²) in [5.41, 5.74) is 5.14. The predicted molar refractivity (Wildman–Crippen MR) is 65.6 cm³/mol. The maximum absolute atomic E-state index is 11.4. The molecule has 0 bridgehead atoms. The molecule has 2 N–H and O–H groups in total. The smallest absolute Gasteiger partial charge is 0.422 e. The SMILES string of the molecule is COC1CCC(NNC(=O)OC(C)(C)C)CC1. The summed E-state index contributed by atoms with van der Waals surface area (Å²) in [5, 5.41) is 0. The van der Waals surface area contributed by atoms with Gasteiger partial charge in [0.15, 0.2) is 0 Å². The van der Waals surface area contributed by atoms with Gasteiger partial charge in [0.1, 0.15) is 5.60 Å². The van der Waals surface area contributed by atoms with Gasteiger partial charge in [-0.2, -0.15) is 0 Å². The Hall–Kier alpha value is -0.810. The van der Waals surface area contributed by atoms with Crippen LogP contribution in [0, 0.1) is 0 Å². The standard InChI is InChI=1S/C12H24N2O3/c1-12(2,3)17-11(15)14-13-9-5-7-10(16-4)8-6-9/h9-10,13H,5-8H2,1-4H3,(H,14,15). The van der Waals surface area contributed by atoms with E-state index in [1.807, 2.05) is 20.8 Å². The average molecular weight is 244 g/mol. The molecule has 1 saturated carbocycles. The number of hydrogen-bond donors (Lipinski definition) is 2. The first kappa shape index (κ1) is 14.3. The van der Waals surface area contributed by atoms with Gasteiger partial charge in [-0.05, 0) is 46.5 Å². The third-order valence-electron chi connectivity index (χ3n) is 2.78. The van der Waals surface area contributed by atoms with Crippen LogP contribution in [-0.2, 0) is 9.47 Å². The number of nitrogens with one attached hydrogen (secondary N) is 2. The fourth-order valence-electron chi connectivity index (χ4n) is 1.91. The Bertz CT molecular complexity index is 243. The van der Waals surface area contributed by atoms with Gasteiger partial charge in [-0.3, -0.25) is 5.43 Å². The van der Waals surface area contributed by atoms with Gasteiger partial charge in [-0.15, -0.1) is 0 Å². The highest BCUT2D eigenvalue weighted by Gasteiger charge is 2.22. The van der Waals surface area contributed by atoms with E-state index in [9.17, 15) is 4.79 Å². The number of carbonyl (C=O) groups excluding carboxylic acids is 1. The van der Waals surface area contributed by atoms with Gasteiger partial charge < -0.3 is 9.47 Å². The summed E-state index contributed by atoms with van der Waals surface area (Å²) in [4.78, 5) is 11.4. The van der Waals surface area contributed by atoms with Crippen molar-refractivity contribution in [2.24, 2.45) is 0 Å². The zero-order chi connectivity index (χ0) is 12.9. The lowest BCUT2D eigenvalue weighted by Gasteiger charge is -2.28. The van der Waals surface area contributed by atoms with Gasteiger partial charge in [0, 0.05) is 13.2 Å². The lowest BCUT2D eigenvalue weighted by molar-refractivity contribution is 0.0431. The number of rotatable bonds is 3. The van der Waals surface area contributed by atoms with E-state index in [4.69, 9.17) is 9.47 Å². The van der Waals surface area contributed by atoms with Crippen LogP contribution in [0.2, 0.25) is 0 Å². The molecule has 17 heavy (non-hydrogen) atoms. The fourth-order valence-corrected chi connectivity index (χ4v) is 1.91. The Morgan fingerprint density at radius 1 is 1.18 bits per heavy atom. The van der Waals surface area contributed by atoms with Crippen LogP contribution in [0.5, 0.6) is 0 Å².